The number of aliphatic hydroxyl groups is 1. The van der Waals surface area contributed by atoms with Crippen molar-refractivity contribution < 1.29 is 30.0 Å². The molecule has 0 amide bonds. The molecule has 0 aliphatic carbocycles. The van der Waals surface area contributed by atoms with Crippen LogP contribution < -0.4 is 0 Å². The SMILES string of the molecule is CC(C)(C)C(=O)/C=C(\O)C(C)(C)C.Cc1[c-]c(-c2nccc3c2ccc2nc(C)cc(C)c23)cc(C)c1.[Ir]. The minimum absolute atomic E-state index is 0. The van der Waals surface area contributed by atoms with Crippen molar-refractivity contribution in [3.8, 4) is 11.3 Å². The Hall–Kier alpha value is -2.88. The van der Waals surface area contributed by atoms with Crippen LogP contribution in [0.5, 0.6) is 0 Å². The number of nitrogens with zero attached hydrogens (tertiary/aromatic N) is 2. The molecule has 5 heteroatoms. The van der Waals surface area contributed by atoms with E-state index in [1.165, 1.54) is 28.0 Å². The first-order chi connectivity index (χ1) is 17.1. The van der Waals surface area contributed by atoms with E-state index < -0.39 is 5.41 Å². The molecule has 203 valence electrons. The standard InChI is InChI=1S/C22H19N2.C11H20O2.Ir/c1-13-9-14(2)11-17(10-13)22-19-5-6-20-21(18(19)7-8-23-22)15(3)12-16(4)24-20;1-10(2,3)8(12)7-9(13)11(4,5)6;/h5-10,12H,1-4H3;7,12H,1-6H3;/q-1;;/b;8-7-;. The van der Waals surface area contributed by atoms with Crippen molar-refractivity contribution in [2.45, 2.75) is 69.2 Å². The summed E-state index contributed by atoms with van der Waals surface area (Å²) < 4.78 is 0. The predicted molar refractivity (Wildman–Crippen MR) is 155 cm³/mol. The number of hydrogen-bond acceptors (Lipinski definition) is 4. The number of aryl methyl sites for hydroxylation is 4. The molecule has 0 atom stereocenters. The molecule has 4 aromatic rings. The van der Waals surface area contributed by atoms with Crippen LogP contribution in [0.3, 0.4) is 0 Å². The van der Waals surface area contributed by atoms with Gasteiger partial charge in [0.2, 0.25) is 0 Å². The molecule has 1 N–H and O–H groups in total. The van der Waals surface area contributed by atoms with E-state index in [0.29, 0.717) is 0 Å². The maximum absolute atomic E-state index is 11.5. The third-order valence-electron chi connectivity index (χ3n) is 6.22. The van der Waals surface area contributed by atoms with Gasteiger partial charge in [0.15, 0.2) is 5.78 Å². The number of allylic oxidation sites excluding steroid dienone is 2. The van der Waals surface area contributed by atoms with E-state index in [-0.39, 0.29) is 37.1 Å². The first-order valence-electron chi connectivity index (χ1n) is 12.7. The molecule has 1 radical (unpaired) electrons. The summed E-state index contributed by atoms with van der Waals surface area (Å²) in [6.07, 6.45) is 3.22. The minimum atomic E-state index is -0.417. The third kappa shape index (κ3) is 7.36. The second kappa shape index (κ2) is 11.9. The van der Waals surface area contributed by atoms with E-state index in [4.69, 9.17) is 0 Å². The second-order valence-corrected chi connectivity index (χ2v) is 11.9. The van der Waals surface area contributed by atoms with Gasteiger partial charge in [0.05, 0.1) is 5.52 Å². The number of hydrogen-bond donors (Lipinski definition) is 1. The molecule has 2 aromatic heterocycles. The van der Waals surface area contributed by atoms with Gasteiger partial charge in [-0.1, -0.05) is 61.5 Å². The van der Waals surface area contributed by atoms with Crippen molar-refractivity contribution in [2.24, 2.45) is 10.8 Å². The van der Waals surface area contributed by atoms with Gasteiger partial charge in [-0.2, -0.15) is 0 Å². The zero-order chi connectivity index (χ0) is 27.7. The molecular weight excluding hydrogens is 649 g/mol. The van der Waals surface area contributed by atoms with E-state index in [2.05, 4.69) is 73.2 Å². The summed E-state index contributed by atoms with van der Waals surface area (Å²) in [5.74, 6) is 0.104. The van der Waals surface area contributed by atoms with Crippen LogP contribution in [0.1, 0.15) is 63.9 Å². The van der Waals surface area contributed by atoms with Gasteiger partial charge in [-0.3, -0.25) is 9.78 Å². The molecule has 0 bridgehead atoms. The fourth-order valence-corrected chi connectivity index (χ4v) is 4.15. The van der Waals surface area contributed by atoms with Gasteiger partial charge < -0.3 is 10.1 Å². The van der Waals surface area contributed by atoms with Gasteiger partial charge in [0, 0.05) is 54.3 Å². The van der Waals surface area contributed by atoms with E-state index in [1.54, 1.807) is 0 Å². The summed E-state index contributed by atoms with van der Waals surface area (Å²) in [5.41, 5.74) is 6.99. The zero-order valence-electron chi connectivity index (χ0n) is 24.2. The quantitative estimate of drug-likeness (QED) is 0.0993. The minimum Gasteiger partial charge on any atom is -0.512 e. The Kier molecular flexibility index (Phi) is 9.80. The van der Waals surface area contributed by atoms with E-state index in [9.17, 15) is 9.90 Å². The summed E-state index contributed by atoms with van der Waals surface area (Å²) in [6.45, 7) is 19.5. The van der Waals surface area contributed by atoms with E-state index in [0.717, 1.165) is 33.4 Å². The fourth-order valence-electron chi connectivity index (χ4n) is 4.15. The number of rotatable bonds is 2. The molecule has 0 saturated carbocycles. The van der Waals surface area contributed by atoms with Crippen molar-refractivity contribution in [2.75, 3.05) is 0 Å². The molecule has 38 heavy (non-hydrogen) atoms. The maximum atomic E-state index is 11.5. The third-order valence-corrected chi connectivity index (χ3v) is 6.22. The maximum Gasteiger partial charge on any atom is 0.164 e. The van der Waals surface area contributed by atoms with Crippen molar-refractivity contribution in [3.05, 3.63) is 82.9 Å². The van der Waals surface area contributed by atoms with Crippen LogP contribution >= 0.6 is 0 Å². The number of aromatic nitrogens is 2. The number of carbonyl (C=O) groups excluding carboxylic acids is 1. The van der Waals surface area contributed by atoms with Gasteiger partial charge in [0.25, 0.3) is 0 Å². The smallest absolute Gasteiger partial charge is 0.164 e. The largest absolute Gasteiger partial charge is 0.512 e. The second-order valence-electron chi connectivity index (χ2n) is 11.9. The predicted octanol–water partition coefficient (Wildman–Crippen LogP) is 8.57. The molecule has 0 fully saturated rings. The summed E-state index contributed by atoms with van der Waals surface area (Å²) >= 11 is 0. The number of ketones is 1. The van der Waals surface area contributed by atoms with Crippen molar-refractivity contribution in [3.63, 3.8) is 0 Å². The molecule has 0 unspecified atom stereocenters. The molecule has 4 rings (SSSR count). The number of fused-ring (bicyclic) bond motifs is 3. The van der Waals surface area contributed by atoms with Crippen molar-refractivity contribution >= 4 is 27.5 Å². The Morgan fingerprint density at radius 1 is 0.895 bits per heavy atom. The van der Waals surface area contributed by atoms with Gasteiger partial charge >= 0.3 is 0 Å². The Morgan fingerprint density at radius 2 is 1.55 bits per heavy atom. The Balaban J connectivity index is 0.000000313. The molecule has 0 saturated heterocycles. The Labute approximate surface area is 241 Å². The van der Waals surface area contributed by atoms with Crippen LogP contribution in [-0.2, 0) is 24.9 Å². The summed E-state index contributed by atoms with van der Waals surface area (Å²) in [4.78, 5) is 20.8. The van der Waals surface area contributed by atoms with Gasteiger partial charge in [-0.15, -0.1) is 34.9 Å². The first-order valence-corrected chi connectivity index (χ1v) is 12.7. The van der Waals surface area contributed by atoms with Crippen molar-refractivity contribution in [1.82, 2.24) is 9.97 Å². The summed E-state index contributed by atoms with van der Waals surface area (Å²) in [6, 6.07) is 16.2. The Bertz CT molecular complexity index is 1490. The van der Waals surface area contributed by atoms with Crippen LogP contribution in [0, 0.1) is 44.6 Å². The zero-order valence-corrected chi connectivity index (χ0v) is 26.6. The molecule has 2 heterocycles. The van der Waals surface area contributed by atoms with Crippen LogP contribution in [0.2, 0.25) is 0 Å². The fraction of sp³-hybridized carbons (Fsp3) is 0.364. The van der Waals surface area contributed by atoms with Gasteiger partial charge in [0.1, 0.15) is 5.76 Å². The molecule has 4 nitrogen and oxygen atoms in total. The Morgan fingerprint density at radius 3 is 2.13 bits per heavy atom. The number of carbonyl (C=O) groups is 1. The molecule has 0 spiro atoms. The van der Waals surface area contributed by atoms with Gasteiger partial charge in [-0.05, 0) is 54.1 Å². The topological polar surface area (TPSA) is 63.1 Å². The van der Waals surface area contributed by atoms with Crippen LogP contribution in [0.25, 0.3) is 32.9 Å². The average Bonchev–Trinajstić information content (AvgIpc) is 2.76. The molecule has 2 aromatic carbocycles. The van der Waals surface area contributed by atoms with Crippen LogP contribution in [-0.4, -0.2) is 20.9 Å². The first kappa shape index (κ1) is 31.3. The van der Waals surface area contributed by atoms with Gasteiger partial charge in [-0.25, -0.2) is 0 Å². The monoisotopic (exact) mass is 688 g/mol. The number of pyridine rings is 2. The van der Waals surface area contributed by atoms with Crippen molar-refractivity contribution in [1.29, 1.82) is 0 Å². The molecule has 0 aliphatic rings. The number of benzene rings is 2. The van der Waals surface area contributed by atoms with Crippen LogP contribution in [0.15, 0.2) is 54.4 Å². The molecule has 0 aliphatic heterocycles. The average molecular weight is 688 g/mol. The van der Waals surface area contributed by atoms with E-state index >= 15 is 0 Å². The molecular formula is C33H39IrN2O2-. The van der Waals surface area contributed by atoms with Crippen LogP contribution in [0.4, 0.5) is 0 Å². The van der Waals surface area contributed by atoms with E-state index in [1.807, 2.05) is 54.7 Å². The number of aliphatic hydroxyl groups excluding tert-OH is 1. The summed E-state index contributed by atoms with van der Waals surface area (Å²) in [5, 5.41) is 13.1. The summed E-state index contributed by atoms with van der Waals surface area (Å²) in [7, 11) is 0. The normalized spacial score (nSPS) is 12.1.